The van der Waals surface area contributed by atoms with Gasteiger partial charge >= 0.3 is 0 Å². The third-order valence-electron chi connectivity index (χ3n) is 4.08. The zero-order valence-corrected chi connectivity index (χ0v) is 13.4. The summed E-state index contributed by atoms with van der Waals surface area (Å²) in [6.45, 7) is 5.76. The molecule has 0 fully saturated rings. The molecule has 1 heterocycles. The van der Waals surface area contributed by atoms with Gasteiger partial charge in [-0.25, -0.2) is 4.39 Å². The second-order valence-electron chi connectivity index (χ2n) is 5.61. The summed E-state index contributed by atoms with van der Waals surface area (Å²) in [7, 11) is 0. The van der Waals surface area contributed by atoms with Gasteiger partial charge in [-0.3, -0.25) is 4.79 Å². The molecular formula is C19H18FNO2. The van der Waals surface area contributed by atoms with Crippen LogP contribution in [0.4, 0.5) is 10.1 Å². The number of hydrogen-bond acceptors (Lipinski definition) is 2. The van der Waals surface area contributed by atoms with E-state index < -0.39 is 0 Å². The first-order valence-electron chi connectivity index (χ1n) is 7.59. The van der Waals surface area contributed by atoms with Gasteiger partial charge in [0.05, 0.1) is 0 Å². The van der Waals surface area contributed by atoms with Crippen LogP contribution < -0.4 is 5.32 Å². The van der Waals surface area contributed by atoms with Crippen molar-refractivity contribution >= 4 is 22.6 Å². The predicted octanol–water partition coefficient (Wildman–Crippen LogP) is 5.00. The first kappa shape index (κ1) is 15.3. The van der Waals surface area contributed by atoms with Gasteiger partial charge < -0.3 is 9.73 Å². The Balaban J connectivity index is 2.00. The summed E-state index contributed by atoms with van der Waals surface area (Å²) < 4.78 is 19.0. The molecule has 0 unspecified atom stereocenters. The second-order valence-corrected chi connectivity index (χ2v) is 5.61. The first-order valence-corrected chi connectivity index (χ1v) is 7.59. The summed E-state index contributed by atoms with van der Waals surface area (Å²) in [5, 5.41) is 3.56. The molecule has 0 radical (unpaired) electrons. The van der Waals surface area contributed by atoms with E-state index in [1.54, 1.807) is 13.0 Å². The number of para-hydroxylation sites is 1. The number of fused-ring (bicyclic) bond motifs is 1. The van der Waals surface area contributed by atoms with E-state index in [9.17, 15) is 9.18 Å². The number of benzene rings is 2. The number of hydrogen-bond donors (Lipinski definition) is 1. The Bertz CT molecular complexity index is 896. The average Bonchev–Trinajstić information content (AvgIpc) is 2.86. The number of carbonyl (C=O) groups excluding carboxylic acids is 1. The summed E-state index contributed by atoms with van der Waals surface area (Å²) in [4.78, 5) is 12.6. The normalized spacial score (nSPS) is 11.0. The molecule has 0 aliphatic rings. The van der Waals surface area contributed by atoms with Crippen LogP contribution in [0.25, 0.3) is 11.0 Å². The Morgan fingerprint density at radius 3 is 2.74 bits per heavy atom. The summed E-state index contributed by atoms with van der Waals surface area (Å²) >= 11 is 0. The van der Waals surface area contributed by atoms with Gasteiger partial charge in [0, 0.05) is 16.6 Å². The van der Waals surface area contributed by atoms with E-state index in [4.69, 9.17) is 4.42 Å². The predicted molar refractivity (Wildman–Crippen MR) is 89.4 cm³/mol. The Morgan fingerprint density at radius 1 is 1.22 bits per heavy atom. The van der Waals surface area contributed by atoms with Gasteiger partial charge in [-0.2, -0.15) is 0 Å². The van der Waals surface area contributed by atoms with Gasteiger partial charge in [-0.05, 0) is 49.6 Å². The molecule has 3 aromatic rings. The fourth-order valence-electron chi connectivity index (χ4n) is 2.78. The Labute approximate surface area is 134 Å². The highest BCUT2D eigenvalue weighted by Gasteiger charge is 2.19. The van der Waals surface area contributed by atoms with E-state index in [2.05, 4.69) is 5.32 Å². The van der Waals surface area contributed by atoms with Crippen LogP contribution in [-0.2, 0) is 6.42 Å². The number of anilines is 1. The molecule has 1 amide bonds. The van der Waals surface area contributed by atoms with Crippen molar-refractivity contribution in [1.29, 1.82) is 0 Å². The summed E-state index contributed by atoms with van der Waals surface area (Å²) in [6.07, 6.45) is 0.821. The summed E-state index contributed by atoms with van der Waals surface area (Å²) in [6, 6.07) is 10.2. The summed E-state index contributed by atoms with van der Waals surface area (Å²) in [5.74, 6) is -0.445. The molecule has 0 saturated heterocycles. The standard InChI is InChI=1S/C19H18FNO2/c1-4-13-7-5-6-11(2)17(13)21-19(22)18-12(3)15-10-14(20)8-9-16(15)23-18/h5-10H,4H2,1-3H3,(H,21,22). The first-order chi connectivity index (χ1) is 11.0. The topological polar surface area (TPSA) is 42.2 Å². The highest BCUT2D eigenvalue weighted by atomic mass is 19.1. The number of rotatable bonds is 3. The van der Waals surface area contributed by atoms with Gasteiger partial charge in [0.2, 0.25) is 0 Å². The van der Waals surface area contributed by atoms with E-state index >= 15 is 0 Å². The molecular weight excluding hydrogens is 293 g/mol. The van der Waals surface area contributed by atoms with Crippen LogP contribution in [0.1, 0.15) is 34.2 Å². The van der Waals surface area contributed by atoms with Crippen molar-refractivity contribution in [3.63, 3.8) is 0 Å². The van der Waals surface area contributed by atoms with E-state index in [0.29, 0.717) is 16.5 Å². The highest BCUT2D eigenvalue weighted by molar-refractivity contribution is 6.07. The Kier molecular flexibility index (Phi) is 3.90. The van der Waals surface area contributed by atoms with Crippen LogP contribution in [0, 0.1) is 19.7 Å². The molecule has 0 aliphatic heterocycles. The van der Waals surface area contributed by atoms with Crippen molar-refractivity contribution in [2.45, 2.75) is 27.2 Å². The summed E-state index contributed by atoms with van der Waals surface area (Å²) in [5.41, 5.74) is 4.03. The van der Waals surface area contributed by atoms with Crippen LogP contribution >= 0.6 is 0 Å². The molecule has 0 atom stereocenters. The lowest BCUT2D eigenvalue weighted by atomic mass is 10.1. The highest BCUT2D eigenvalue weighted by Crippen LogP contribution is 2.28. The fraction of sp³-hybridized carbons (Fsp3) is 0.211. The van der Waals surface area contributed by atoms with Crippen molar-refractivity contribution in [3.05, 3.63) is 64.7 Å². The SMILES string of the molecule is CCc1cccc(C)c1NC(=O)c1oc2ccc(F)cc2c1C. The third-order valence-corrected chi connectivity index (χ3v) is 4.08. The molecule has 0 saturated carbocycles. The molecule has 0 bridgehead atoms. The minimum Gasteiger partial charge on any atom is -0.451 e. The maximum absolute atomic E-state index is 13.4. The second kappa shape index (κ2) is 5.88. The molecule has 0 aliphatic carbocycles. The molecule has 4 heteroatoms. The third kappa shape index (κ3) is 2.72. The zero-order chi connectivity index (χ0) is 16.6. The average molecular weight is 311 g/mol. The number of halogens is 1. The monoisotopic (exact) mass is 311 g/mol. The molecule has 2 aromatic carbocycles. The largest absolute Gasteiger partial charge is 0.451 e. The van der Waals surface area contributed by atoms with Crippen LogP contribution in [0.15, 0.2) is 40.8 Å². The molecule has 0 spiro atoms. The number of furan rings is 1. The number of carbonyl (C=O) groups is 1. The lowest BCUT2D eigenvalue weighted by molar-refractivity contribution is 0.0997. The Hall–Kier alpha value is -2.62. The van der Waals surface area contributed by atoms with Crippen LogP contribution in [0.3, 0.4) is 0 Å². The van der Waals surface area contributed by atoms with E-state index in [0.717, 1.165) is 23.2 Å². The number of amides is 1. The van der Waals surface area contributed by atoms with Crippen molar-refractivity contribution < 1.29 is 13.6 Å². The van der Waals surface area contributed by atoms with Gasteiger partial charge in [-0.15, -0.1) is 0 Å². The van der Waals surface area contributed by atoms with Crippen molar-refractivity contribution in [2.75, 3.05) is 5.32 Å². The van der Waals surface area contributed by atoms with Gasteiger partial charge in [0.15, 0.2) is 5.76 Å². The van der Waals surface area contributed by atoms with Crippen molar-refractivity contribution in [1.82, 2.24) is 0 Å². The molecule has 1 aromatic heterocycles. The minimum atomic E-state index is -0.347. The van der Waals surface area contributed by atoms with E-state index in [1.807, 2.05) is 32.0 Å². The lowest BCUT2D eigenvalue weighted by Gasteiger charge is -2.12. The van der Waals surface area contributed by atoms with Crippen LogP contribution in [-0.4, -0.2) is 5.91 Å². The molecule has 118 valence electrons. The number of aryl methyl sites for hydroxylation is 3. The molecule has 3 nitrogen and oxygen atoms in total. The fourth-order valence-corrected chi connectivity index (χ4v) is 2.78. The maximum Gasteiger partial charge on any atom is 0.291 e. The minimum absolute atomic E-state index is 0.218. The zero-order valence-electron chi connectivity index (χ0n) is 13.4. The smallest absolute Gasteiger partial charge is 0.291 e. The maximum atomic E-state index is 13.4. The van der Waals surface area contributed by atoms with Crippen LogP contribution in [0.2, 0.25) is 0 Å². The number of nitrogens with one attached hydrogen (secondary N) is 1. The van der Waals surface area contributed by atoms with Crippen molar-refractivity contribution in [3.8, 4) is 0 Å². The Morgan fingerprint density at radius 2 is 2.00 bits per heavy atom. The molecule has 23 heavy (non-hydrogen) atoms. The van der Waals surface area contributed by atoms with E-state index in [-0.39, 0.29) is 17.5 Å². The van der Waals surface area contributed by atoms with E-state index in [1.165, 1.54) is 12.1 Å². The van der Waals surface area contributed by atoms with Gasteiger partial charge in [0.1, 0.15) is 11.4 Å². The quantitative estimate of drug-likeness (QED) is 0.739. The molecule has 3 rings (SSSR count). The van der Waals surface area contributed by atoms with Gasteiger partial charge in [0.25, 0.3) is 5.91 Å². The van der Waals surface area contributed by atoms with Crippen molar-refractivity contribution in [2.24, 2.45) is 0 Å². The van der Waals surface area contributed by atoms with Crippen LogP contribution in [0.5, 0.6) is 0 Å². The molecule has 1 N–H and O–H groups in total. The lowest BCUT2D eigenvalue weighted by Crippen LogP contribution is -2.14. The van der Waals surface area contributed by atoms with Gasteiger partial charge in [-0.1, -0.05) is 25.1 Å².